The van der Waals surface area contributed by atoms with Gasteiger partial charge in [0.25, 0.3) is 15.9 Å². The lowest BCUT2D eigenvalue weighted by atomic mass is 10.1. The average molecular weight is 424 g/mol. The van der Waals surface area contributed by atoms with Gasteiger partial charge in [0.05, 0.1) is 10.6 Å². The number of rotatable bonds is 5. The number of sulfonamides is 1. The lowest BCUT2D eigenvalue weighted by molar-refractivity contribution is 0.0787. The van der Waals surface area contributed by atoms with E-state index in [2.05, 4.69) is 4.72 Å². The largest absolute Gasteiger partial charge is 0.338 e. The first kappa shape index (κ1) is 22.2. The number of nitrogens with one attached hydrogen (secondary N) is 1. The van der Waals surface area contributed by atoms with E-state index in [1.807, 2.05) is 26.0 Å². The lowest BCUT2D eigenvalue weighted by Gasteiger charge is -2.17. The van der Waals surface area contributed by atoms with Gasteiger partial charge in [-0.1, -0.05) is 12.1 Å². The van der Waals surface area contributed by atoms with Crippen molar-refractivity contribution in [2.45, 2.75) is 25.2 Å². The van der Waals surface area contributed by atoms with Crippen LogP contribution in [0.1, 0.15) is 27.9 Å². The molecule has 0 aromatic heterocycles. The summed E-state index contributed by atoms with van der Waals surface area (Å²) >= 11 is 0. The van der Waals surface area contributed by atoms with E-state index < -0.39 is 10.0 Å². The molecule has 2 aromatic carbocycles. The van der Waals surface area contributed by atoms with Crippen LogP contribution in [0.25, 0.3) is 0 Å². The SMILES string of the molecule is Cc1cccc(NS(=O)(=O)c2ccc(C(=O)N3CCC(CN)C3)cc2)c1C.Cl. The van der Waals surface area contributed by atoms with E-state index in [1.54, 1.807) is 23.1 Å². The molecule has 0 spiro atoms. The zero-order valence-electron chi connectivity index (χ0n) is 16.0. The topological polar surface area (TPSA) is 92.5 Å². The monoisotopic (exact) mass is 423 g/mol. The van der Waals surface area contributed by atoms with Gasteiger partial charge in [-0.3, -0.25) is 9.52 Å². The first-order chi connectivity index (χ1) is 12.8. The van der Waals surface area contributed by atoms with Crippen LogP contribution >= 0.6 is 12.4 Å². The highest BCUT2D eigenvalue weighted by Crippen LogP contribution is 2.23. The summed E-state index contributed by atoms with van der Waals surface area (Å²) in [6, 6.07) is 11.5. The number of amides is 1. The molecule has 1 heterocycles. The number of halogens is 1. The summed E-state index contributed by atoms with van der Waals surface area (Å²) in [5.41, 5.74) is 8.61. The summed E-state index contributed by atoms with van der Waals surface area (Å²) in [6.45, 7) is 5.73. The fraction of sp³-hybridized carbons (Fsp3) is 0.350. The second-order valence-electron chi connectivity index (χ2n) is 7.02. The van der Waals surface area contributed by atoms with Crippen LogP contribution in [-0.2, 0) is 10.0 Å². The molecule has 1 atom stereocenters. The smallest absolute Gasteiger partial charge is 0.261 e. The molecule has 1 unspecified atom stereocenters. The average Bonchev–Trinajstić information content (AvgIpc) is 3.14. The fourth-order valence-electron chi connectivity index (χ4n) is 3.23. The van der Waals surface area contributed by atoms with Gasteiger partial charge < -0.3 is 10.6 Å². The molecule has 1 aliphatic heterocycles. The molecule has 1 amide bonds. The van der Waals surface area contributed by atoms with E-state index in [9.17, 15) is 13.2 Å². The molecule has 1 aliphatic rings. The number of carbonyl (C=O) groups is 1. The van der Waals surface area contributed by atoms with Gasteiger partial charge in [0.15, 0.2) is 0 Å². The molecule has 1 fully saturated rings. The van der Waals surface area contributed by atoms with E-state index in [1.165, 1.54) is 12.1 Å². The Labute approximate surface area is 172 Å². The maximum Gasteiger partial charge on any atom is 0.261 e. The molecule has 6 nitrogen and oxygen atoms in total. The highest BCUT2D eigenvalue weighted by atomic mass is 35.5. The van der Waals surface area contributed by atoms with Gasteiger partial charge in [0, 0.05) is 18.7 Å². The summed E-state index contributed by atoms with van der Waals surface area (Å²) in [7, 11) is -3.72. The number of likely N-dealkylation sites (tertiary alicyclic amines) is 1. The van der Waals surface area contributed by atoms with Crippen molar-refractivity contribution in [1.82, 2.24) is 4.90 Å². The van der Waals surface area contributed by atoms with E-state index in [0.29, 0.717) is 36.8 Å². The number of aryl methyl sites for hydroxylation is 1. The summed E-state index contributed by atoms with van der Waals surface area (Å²) in [5, 5.41) is 0. The summed E-state index contributed by atoms with van der Waals surface area (Å²) < 4.78 is 28.0. The predicted molar refractivity (Wildman–Crippen MR) is 113 cm³/mol. The number of anilines is 1. The molecule has 28 heavy (non-hydrogen) atoms. The van der Waals surface area contributed by atoms with Crippen molar-refractivity contribution in [2.75, 3.05) is 24.4 Å². The standard InChI is InChI=1S/C20H25N3O3S.ClH/c1-14-4-3-5-19(15(14)2)22-27(25,26)18-8-6-17(7-9-18)20(24)23-11-10-16(12-21)13-23;/h3-9,16,22H,10-13,21H2,1-2H3;1H. The molecule has 152 valence electrons. The summed E-state index contributed by atoms with van der Waals surface area (Å²) in [4.78, 5) is 14.5. The Morgan fingerprint density at radius 1 is 1.18 bits per heavy atom. The number of carbonyl (C=O) groups excluding carboxylic acids is 1. The summed E-state index contributed by atoms with van der Waals surface area (Å²) in [6.07, 6.45) is 0.911. The van der Waals surface area contributed by atoms with E-state index in [-0.39, 0.29) is 23.2 Å². The van der Waals surface area contributed by atoms with Gasteiger partial charge in [-0.25, -0.2) is 8.42 Å². The van der Waals surface area contributed by atoms with Crippen LogP contribution in [0.5, 0.6) is 0 Å². The number of benzene rings is 2. The third kappa shape index (κ3) is 4.66. The normalized spacial score (nSPS) is 16.5. The zero-order valence-corrected chi connectivity index (χ0v) is 17.6. The Balaban J connectivity index is 0.00000280. The van der Waals surface area contributed by atoms with Crippen molar-refractivity contribution < 1.29 is 13.2 Å². The fourth-order valence-corrected chi connectivity index (χ4v) is 4.36. The van der Waals surface area contributed by atoms with E-state index >= 15 is 0 Å². The Morgan fingerprint density at radius 2 is 1.86 bits per heavy atom. The Hall–Kier alpha value is -2.09. The van der Waals surface area contributed by atoms with E-state index in [4.69, 9.17) is 5.73 Å². The van der Waals surface area contributed by atoms with Crippen molar-refractivity contribution >= 4 is 34.0 Å². The number of nitrogens with two attached hydrogens (primary N) is 1. The summed E-state index contributed by atoms with van der Waals surface area (Å²) in [5.74, 6) is 0.257. The van der Waals surface area contributed by atoms with E-state index in [0.717, 1.165) is 17.5 Å². The third-order valence-corrected chi connectivity index (χ3v) is 6.55. The maximum absolute atomic E-state index is 12.7. The van der Waals surface area contributed by atoms with Crippen LogP contribution in [0.15, 0.2) is 47.4 Å². The lowest BCUT2D eigenvalue weighted by Crippen LogP contribution is -2.29. The van der Waals surface area contributed by atoms with Crippen LogP contribution in [0.4, 0.5) is 5.69 Å². The minimum absolute atomic E-state index is 0. The quantitative estimate of drug-likeness (QED) is 0.773. The van der Waals surface area contributed by atoms with Gasteiger partial charge in [0.1, 0.15) is 0 Å². The van der Waals surface area contributed by atoms with Crippen molar-refractivity contribution in [3.63, 3.8) is 0 Å². The van der Waals surface area contributed by atoms with Gasteiger partial charge in [-0.05, 0) is 74.2 Å². The van der Waals surface area contributed by atoms with Crippen LogP contribution in [0.3, 0.4) is 0 Å². The Morgan fingerprint density at radius 3 is 2.46 bits per heavy atom. The molecule has 8 heteroatoms. The van der Waals surface area contributed by atoms with Crippen molar-refractivity contribution in [3.05, 3.63) is 59.2 Å². The second-order valence-corrected chi connectivity index (χ2v) is 8.70. The minimum atomic E-state index is -3.72. The molecular weight excluding hydrogens is 398 g/mol. The van der Waals surface area contributed by atoms with Crippen LogP contribution < -0.4 is 10.5 Å². The first-order valence-corrected chi connectivity index (χ1v) is 10.5. The van der Waals surface area contributed by atoms with Crippen LogP contribution in [-0.4, -0.2) is 38.9 Å². The molecule has 0 aliphatic carbocycles. The second kappa shape index (κ2) is 8.94. The minimum Gasteiger partial charge on any atom is -0.338 e. The molecule has 1 saturated heterocycles. The molecule has 3 rings (SSSR count). The van der Waals surface area contributed by atoms with Gasteiger partial charge in [-0.2, -0.15) is 0 Å². The molecule has 3 N–H and O–H groups in total. The highest BCUT2D eigenvalue weighted by Gasteiger charge is 2.26. The van der Waals surface area contributed by atoms with Crippen LogP contribution in [0, 0.1) is 19.8 Å². The highest BCUT2D eigenvalue weighted by molar-refractivity contribution is 7.92. The molecule has 2 aromatic rings. The molecule has 0 bridgehead atoms. The Kier molecular flexibility index (Phi) is 7.09. The number of hydrogen-bond acceptors (Lipinski definition) is 4. The van der Waals surface area contributed by atoms with Gasteiger partial charge in [-0.15, -0.1) is 12.4 Å². The van der Waals surface area contributed by atoms with Crippen molar-refractivity contribution in [1.29, 1.82) is 0 Å². The maximum atomic E-state index is 12.7. The zero-order chi connectivity index (χ0) is 19.6. The van der Waals surface area contributed by atoms with Crippen molar-refractivity contribution in [3.8, 4) is 0 Å². The molecule has 0 radical (unpaired) electrons. The van der Waals surface area contributed by atoms with Crippen LogP contribution in [0.2, 0.25) is 0 Å². The first-order valence-electron chi connectivity index (χ1n) is 9.00. The Bertz CT molecular complexity index is 946. The number of nitrogens with zero attached hydrogens (tertiary/aromatic N) is 1. The van der Waals surface area contributed by atoms with Gasteiger partial charge >= 0.3 is 0 Å². The number of hydrogen-bond donors (Lipinski definition) is 2. The third-order valence-electron chi connectivity index (χ3n) is 5.17. The van der Waals surface area contributed by atoms with Crippen molar-refractivity contribution in [2.24, 2.45) is 11.7 Å². The molecule has 0 saturated carbocycles. The molecular formula is C20H26ClN3O3S. The predicted octanol–water partition coefficient (Wildman–Crippen LogP) is 2.95. The van der Waals surface area contributed by atoms with Gasteiger partial charge in [0.2, 0.25) is 0 Å².